The van der Waals surface area contributed by atoms with Gasteiger partial charge in [0.2, 0.25) is 0 Å². The van der Waals surface area contributed by atoms with Crippen molar-refractivity contribution < 1.29 is 0 Å². The average molecular weight is 393 g/mol. The molecule has 1 aliphatic heterocycles. The van der Waals surface area contributed by atoms with Gasteiger partial charge in [0.15, 0.2) is 0 Å². The largest absolute Gasteiger partial charge is 0.330 e. The zero-order valence-corrected chi connectivity index (χ0v) is 16.0. The zero-order valence-electron chi connectivity index (χ0n) is 12.9. The molecular weight excluding hydrogens is 373 g/mol. The first-order chi connectivity index (χ1) is 10.5. The summed E-state index contributed by atoms with van der Waals surface area (Å²) in [5.41, 5.74) is 7.90. The lowest BCUT2D eigenvalue weighted by molar-refractivity contribution is 0.274. The lowest BCUT2D eigenvalue weighted by Crippen LogP contribution is -2.31. The number of hydrogen-bond donors (Lipinski definition) is 1. The monoisotopic (exact) mass is 391 g/mol. The van der Waals surface area contributed by atoms with E-state index in [1.54, 1.807) is 17.4 Å². The lowest BCUT2D eigenvalue weighted by atomic mass is 9.90. The molecule has 126 valence electrons. The van der Waals surface area contributed by atoms with Crippen molar-refractivity contribution in [3.05, 3.63) is 38.6 Å². The van der Waals surface area contributed by atoms with Gasteiger partial charge in [-0.15, -0.1) is 23.7 Å². The Morgan fingerprint density at radius 2 is 2.17 bits per heavy atom. The maximum atomic E-state index is 6.25. The molecule has 3 nitrogen and oxygen atoms in total. The Bertz CT molecular complexity index is 676. The minimum Gasteiger partial charge on any atom is -0.330 e. The summed E-state index contributed by atoms with van der Waals surface area (Å²) in [6.45, 7) is 5.99. The molecule has 2 aromatic rings. The van der Waals surface area contributed by atoms with Crippen LogP contribution in [0.1, 0.15) is 18.4 Å². The molecule has 1 saturated heterocycles. The molecule has 0 saturated carbocycles. The Balaban J connectivity index is 0.00000192. The minimum absolute atomic E-state index is 0. The van der Waals surface area contributed by atoms with Crippen molar-refractivity contribution in [3.8, 4) is 11.3 Å². The number of nitrogens with two attached hydrogens (primary N) is 1. The molecule has 0 aliphatic carbocycles. The molecule has 23 heavy (non-hydrogen) atoms. The predicted molar refractivity (Wildman–Crippen MR) is 102 cm³/mol. The predicted octanol–water partition coefficient (Wildman–Crippen LogP) is 4.71. The van der Waals surface area contributed by atoms with Crippen LogP contribution in [-0.4, -0.2) is 29.5 Å². The number of halogens is 3. The summed E-state index contributed by atoms with van der Waals surface area (Å²) < 4.78 is 0. The smallest absolute Gasteiger partial charge is 0.107 e. The van der Waals surface area contributed by atoms with E-state index in [0.29, 0.717) is 10.0 Å². The van der Waals surface area contributed by atoms with Gasteiger partial charge < -0.3 is 5.73 Å². The molecule has 1 unspecified atom stereocenters. The Hall–Kier alpha value is -0.360. The molecule has 1 fully saturated rings. The standard InChI is InChI=1S/C16H19Cl2N3S.ClH/c1-16(9-19)4-5-21(10-16)7-15-20-14(8-22-15)12-6-11(17)2-3-13(12)18;/h2-3,6,8H,4-5,7,9-10,19H2,1H3;1H. The van der Waals surface area contributed by atoms with Crippen LogP contribution < -0.4 is 5.73 Å². The summed E-state index contributed by atoms with van der Waals surface area (Å²) in [6, 6.07) is 5.47. The fourth-order valence-corrected chi connectivity index (χ4v) is 4.04. The van der Waals surface area contributed by atoms with Crippen LogP contribution in [-0.2, 0) is 6.54 Å². The summed E-state index contributed by atoms with van der Waals surface area (Å²) in [5.74, 6) is 0. The van der Waals surface area contributed by atoms with Crippen LogP contribution in [0.25, 0.3) is 11.3 Å². The van der Waals surface area contributed by atoms with Crippen LogP contribution >= 0.6 is 46.9 Å². The summed E-state index contributed by atoms with van der Waals surface area (Å²) in [7, 11) is 0. The maximum absolute atomic E-state index is 6.25. The number of rotatable bonds is 4. The van der Waals surface area contributed by atoms with E-state index < -0.39 is 0 Å². The molecule has 1 aromatic carbocycles. The van der Waals surface area contributed by atoms with E-state index in [1.807, 2.05) is 17.5 Å². The Morgan fingerprint density at radius 1 is 1.39 bits per heavy atom. The van der Waals surface area contributed by atoms with E-state index in [-0.39, 0.29) is 17.8 Å². The first kappa shape index (κ1) is 19.0. The molecule has 1 aliphatic rings. The molecule has 0 spiro atoms. The topological polar surface area (TPSA) is 42.1 Å². The first-order valence-corrected chi connectivity index (χ1v) is 8.95. The van der Waals surface area contributed by atoms with Crippen LogP contribution in [0, 0.1) is 5.41 Å². The van der Waals surface area contributed by atoms with E-state index in [9.17, 15) is 0 Å². The van der Waals surface area contributed by atoms with E-state index in [2.05, 4.69) is 11.8 Å². The van der Waals surface area contributed by atoms with Gasteiger partial charge in [0.05, 0.1) is 17.3 Å². The van der Waals surface area contributed by atoms with Crippen LogP contribution in [0.5, 0.6) is 0 Å². The summed E-state index contributed by atoms with van der Waals surface area (Å²) in [4.78, 5) is 7.15. The Morgan fingerprint density at radius 3 is 2.87 bits per heavy atom. The molecule has 1 atom stereocenters. The first-order valence-electron chi connectivity index (χ1n) is 7.31. The second kappa shape index (κ2) is 7.68. The van der Waals surface area contributed by atoms with Crippen molar-refractivity contribution in [2.75, 3.05) is 19.6 Å². The van der Waals surface area contributed by atoms with Crippen molar-refractivity contribution in [1.82, 2.24) is 9.88 Å². The summed E-state index contributed by atoms with van der Waals surface area (Å²) >= 11 is 14.0. The van der Waals surface area contributed by atoms with Gasteiger partial charge in [0, 0.05) is 22.5 Å². The second-order valence-corrected chi connectivity index (χ2v) is 8.01. The van der Waals surface area contributed by atoms with Gasteiger partial charge in [-0.1, -0.05) is 30.1 Å². The molecule has 0 bridgehead atoms. The van der Waals surface area contributed by atoms with Gasteiger partial charge in [0.25, 0.3) is 0 Å². The summed E-state index contributed by atoms with van der Waals surface area (Å²) in [6.07, 6.45) is 1.15. The van der Waals surface area contributed by atoms with E-state index >= 15 is 0 Å². The molecule has 2 N–H and O–H groups in total. The van der Waals surface area contributed by atoms with Gasteiger partial charge >= 0.3 is 0 Å². The Labute approximate surface area is 157 Å². The third-order valence-electron chi connectivity index (χ3n) is 4.24. The number of aromatic nitrogens is 1. The normalized spacial score (nSPS) is 21.4. The van der Waals surface area contributed by atoms with Gasteiger partial charge in [-0.05, 0) is 43.1 Å². The quantitative estimate of drug-likeness (QED) is 0.819. The number of thiazole rings is 1. The molecule has 1 aromatic heterocycles. The van der Waals surface area contributed by atoms with Gasteiger partial charge in [-0.25, -0.2) is 4.98 Å². The highest BCUT2D eigenvalue weighted by atomic mass is 35.5. The van der Waals surface area contributed by atoms with Crippen molar-refractivity contribution >= 4 is 46.9 Å². The zero-order chi connectivity index (χ0) is 15.7. The fraction of sp³-hybridized carbons (Fsp3) is 0.438. The van der Waals surface area contributed by atoms with Gasteiger partial charge in [0.1, 0.15) is 5.01 Å². The molecule has 0 amide bonds. The van der Waals surface area contributed by atoms with Crippen molar-refractivity contribution in [2.45, 2.75) is 19.9 Å². The van der Waals surface area contributed by atoms with Gasteiger partial charge in [-0.3, -0.25) is 4.90 Å². The number of nitrogens with zero attached hydrogens (tertiary/aromatic N) is 2. The second-order valence-electron chi connectivity index (χ2n) is 6.23. The fourth-order valence-electron chi connectivity index (χ4n) is 2.82. The van der Waals surface area contributed by atoms with Crippen LogP contribution in [0.3, 0.4) is 0 Å². The Kier molecular flexibility index (Phi) is 6.34. The number of likely N-dealkylation sites (tertiary alicyclic amines) is 1. The third kappa shape index (κ3) is 4.38. The maximum Gasteiger partial charge on any atom is 0.107 e. The molecule has 0 radical (unpaired) electrons. The highest BCUT2D eigenvalue weighted by molar-refractivity contribution is 7.09. The molecule has 7 heteroatoms. The van der Waals surface area contributed by atoms with Crippen molar-refractivity contribution in [3.63, 3.8) is 0 Å². The van der Waals surface area contributed by atoms with Crippen molar-refractivity contribution in [2.24, 2.45) is 11.1 Å². The van der Waals surface area contributed by atoms with Crippen LogP contribution in [0.4, 0.5) is 0 Å². The highest BCUT2D eigenvalue weighted by Gasteiger charge is 2.32. The third-order valence-corrected chi connectivity index (χ3v) is 5.64. The number of hydrogen-bond acceptors (Lipinski definition) is 4. The molecule has 2 heterocycles. The van der Waals surface area contributed by atoms with Gasteiger partial charge in [-0.2, -0.15) is 0 Å². The van der Waals surface area contributed by atoms with E-state index in [1.165, 1.54) is 0 Å². The lowest BCUT2D eigenvalue weighted by Gasteiger charge is -2.21. The van der Waals surface area contributed by atoms with Crippen LogP contribution in [0.15, 0.2) is 23.6 Å². The van der Waals surface area contributed by atoms with E-state index in [0.717, 1.165) is 48.9 Å². The van der Waals surface area contributed by atoms with E-state index in [4.69, 9.17) is 33.9 Å². The minimum atomic E-state index is 0. The van der Waals surface area contributed by atoms with Crippen molar-refractivity contribution in [1.29, 1.82) is 0 Å². The highest BCUT2D eigenvalue weighted by Crippen LogP contribution is 2.33. The van der Waals surface area contributed by atoms with Crippen LogP contribution in [0.2, 0.25) is 10.0 Å². The molecular formula is C16H20Cl3N3S. The average Bonchev–Trinajstić information content (AvgIpc) is 3.10. The SMILES string of the molecule is CC1(CN)CCN(Cc2nc(-c3cc(Cl)ccc3Cl)cs2)C1.Cl. The molecule has 3 rings (SSSR count). The number of benzene rings is 1. The summed E-state index contributed by atoms with van der Waals surface area (Å²) in [5, 5.41) is 4.50.